The quantitative estimate of drug-likeness (QED) is 0.230. The van der Waals surface area contributed by atoms with Crippen LogP contribution >= 0.6 is 35.6 Å². The molecule has 2 aromatic carbocycles. The second-order valence-corrected chi connectivity index (χ2v) is 7.09. The number of rotatable bonds is 7. The van der Waals surface area contributed by atoms with Crippen molar-refractivity contribution in [1.29, 1.82) is 0 Å². The van der Waals surface area contributed by atoms with Gasteiger partial charge in [0, 0.05) is 23.7 Å². The molecule has 0 aliphatic carbocycles. The lowest BCUT2D eigenvalue weighted by Gasteiger charge is -2.15. The summed E-state index contributed by atoms with van der Waals surface area (Å²) in [6.45, 7) is 5.41. The molecule has 0 saturated heterocycles. The first kappa shape index (κ1) is 24.2. The Morgan fingerprint density at radius 3 is 2.50 bits per heavy atom. The first-order valence-corrected chi connectivity index (χ1v) is 9.90. The van der Waals surface area contributed by atoms with Crippen LogP contribution in [0.3, 0.4) is 0 Å². The molecule has 30 heavy (non-hydrogen) atoms. The lowest BCUT2D eigenvalue weighted by Crippen LogP contribution is -2.39. The van der Waals surface area contributed by atoms with Gasteiger partial charge in [-0.05, 0) is 43.7 Å². The number of oxazole rings is 1. The Morgan fingerprint density at radius 2 is 1.83 bits per heavy atom. The number of halogens is 2. The van der Waals surface area contributed by atoms with Crippen LogP contribution in [0.5, 0.6) is 0 Å². The minimum atomic E-state index is -0.670. The standard InChI is InChI=1S/C22H25ClN4O2.HI/c1-3-24-22(26-13-20(28)16-8-10-18(23)11-9-16)25-12-19-14-29-21(27-19)17-6-4-15(2)5-7-17;/h4-11,14,20,28H,3,12-13H2,1-2H3,(H2,24,25,26);1H. The third-order valence-corrected chi connectivity index (χ3v) is 4.56. The van der Waals surface area contributed by atoms with Crippen molar-refractivity contribution in [2.24, 2.45) is 4.99 Å². The topological polar surface area (TPSA) is 82.7 Å². The predicted octanol–water partition coefficient (Wildman–Crippen LogP) is 4.71. The minimum Gasteiger partial charge on any atom is -0.444 e. The van der Waals surface area contributed by atoms with Gasteiger partial charge in [0.2, 0.25) is 5.89 Å². The van der Waals surface area contributed by atoms with Crippen molar-refractivity contribution < 1.29 is 9.52 Å². The molecule has 0 spiro atoms. The molecule has 0 aliphatic rings. The number of hydrogen-bond donors (Lipinski definition) is 3. The zero-order chi connectivity index (χ0) is 20.6. The number of benzene rings is 2. The minimum absolute atomic E-state index is 0. The monoisotopic (exact) mass is 540 g/mol. The largest absolute Gasteiger partial charge is 0.444 e. The van der Waals surface area contributed by atoms with Gasteiger partial charge in [-0.1, -0.05) is 41.4 Å². The fourth-order valence-corrected chi connectivity index (χ4v) is 2.83. The van der Waals surface area contributed by atoms with Gasteiger partial charge < -0.3 is 20.2 Å². The zero-order valence-corrected chi connectivity index (χ0v) is 20.0. The van der Waals surface area contributed by atoms with Crippen molar-refractivity contribution >= 4 is 41.5 Å². The summed E-state index contributed by atoms with van der Waals surface area (Å²) < 4.78 is 5.58. The first-order valence-electron chi connectivity index (χ1n) is 9.52. The zero-order valence-electron chi connectivity index (χ0n) is 16.9. The maximum Gasteiger partial charge on any atom is 0.226 e. The van der Waals surface area contributed by atoms with Crippen molar-refractivity contribution in [2.45, 2.75) is 26.5 Å². The highest BCUT2D eigenvalue weighted by Crippen LogP contribution is 2.19. The molecular weight excluding hydrogens is 515 g/mol. The number of nitrogens with zero attached hydrogens (tertiary/aromatic N) is 2. The average molecular weight is 541 g/mol. The Labute approximate surface area is 198 Å². The van der Waals surface area contributed by atoms with Crippen LogP contribution in [0.1, 0.15) is 29.8 Å². The molecule has 1 aromatic heterocycles. The summed E-state index contributed by atoms with van der Waals surface area (Å²) in [5.41, 5.74) is 3.64. The highest BCUT2D eigenvalue weighted by Gasteiger charge is 2.10. The molecule has 1 atom stereocenters. The number of hydrogen-bond acceptors (Lipinski definition) is 4. The molecule has 0 amide bonds. The third kappa shape index (κ3) is 7.00. The van der Waals surface area contributed by atoms with Gasteiger partial charge >= 0.3 is 0 Å². The normalized spacial score (nSPS) is 12.2. The summed E-state index contributed by atoms with van der Waals surface area (Å²) >= 11 is 5.89. The number of guanidine groups is 1. The van der Waals surface area contributed by atoms with E-state index in [1.54, 1.807) is 30.5 Å². The summed E-state index contributed by atoms with van der Waals surface area (Å²) in [5.74, 6) is 1.17. The predicted molar refractivity (Wildman–Crippen MR) is 131 cm³/mol. The van der Waals surface area contributed by atoms with Gasteiger partial charge in [-0.2, -0.15) is 0 Å². The molecule has 6 nitrogen and oxygen atoms in total. The van der Waals surface area contributed by atoms with Crippen molar-refractivity contribution in [3.63, 3.8) is 0 Å². The smallest absolute Gasteiger partial charge is 0.226 e. The maximum absolute atomic E-state index is 10.3. The number of aliphatic imine (C=N–C) groups is 1. The third-order valence-electron chi connectivity index (χ3n) is 4.31. The molecule has 3 aromatic rings. The van der Waals surface area contributed by atoms with Crippen LogP contribution in [0, 0.1) is 6.92 Å². The second-order valence-electron chi connectivity index (χ2n) is 6.65. The van der Waals surface area contributed by atoms with E-state index in [0.717, 1.165) is 16.8 Å². The molecule has 1 heterocycles. The van der Waals surface area contributed by atoms with E-state index in [4.69, 9.17) is 16.0 Å². The van der Waals surface area contributed by atoms with Crippen molar-refractivity contribution in [3.05, 3.63) is 76.6 Å². The number of aliphatic hydroxyl groups is 1. The second kappa shape index (κ2) is 11.9. The van der Waals surface area contributed by atoms with Crippen LogP contribution in [0.15, 0.2) is 64.2 Å². The summed E-state index contributed by atoms with van der Waals surface area (Å²) in [6, 6.07) is 15.1. The van der Waals surface area contributed by atoms with E-state index in [2.05, 4.69) is 20.6 Å². The molecule has 8 heteroatoms. The molecule has 3 rings (SSSR count). The van der Waals surface area contributed by atoms with E-state index in [0.29, 0.717) is 36.5 Å². The number of aliphatic hydroxyl groups excluding tert-OH is 1. The molecule has 0 aliphatic heterocycles. The molecular formula is C22H26ClIN4O2. The van der Waals surface area contributed by atoms with Crippen molar-refractivity contribution in [2.75, 3.05) is 13.1 Å². The Morgan fingerprint density at radius 1 is 1.13 bits per heavy atom. The Balaban J connectivity index is 0.00000320. The van der Waals surface area contributed by atoms with E-state index >= 15 is 0 Å². The Hall–Kier alpha value is -2.10. The van der Waals surface area contributed by atoms with E-state index in [9.17, 15) is 5.11 Å². The molecule has 0 radical (unpaired) electrons. The van der Waals surface area contributed by atoms with Gasteiger partial charge in [0.1, 0.15) is 12.0 Å². The molecule has 160 valence electrons. The van der Waals surface area contributed by atoms with Gasteiger partial charge in [-0.25, -0.2) is 9.98 Å². The van der Waals surface area contributed by atoms with Gasteiger partial charge in [-0.15, -0.1) is 24.0 Å². The molecule has 1 unspecified atom stereocenters. The van der Waals surface area contributed by atoms with Crippen LogP contribution in [-0.2, 0) is 6.54 Å². The number of aromatic nitrogens is 1. The lowest BCUT2D eigenvalue weighted by molar-refractivity contribution is 0.181. The van der Waals surface area contributed by atoms with Gasteiger partial charge in [0.25, 0.3) is 0 Å². The maximum atomic E-state index is 10.3. The van der Waals surface area contributed by atoms with Crippen LogP contribution in [0.2, 0.25) is 5.02 Å². The lowest BCUT2D eigenvalue weighted by atomic mass is 10.1. The molecule has 3 N–H and O–H groups in total. The molecule has 0 fully saturated rings. The summed E-state index contributed by atoms with van der Waals surface area (Å²) in [4.78, 5) is 9.03. The van der Waals surface area contributed by atoms with Crippen LogP contribution in [0.25, 0.3) is 11.5 Å². The fourth-order valence-electron chi connectivity index (χ4n) is 2.71. The summed E-state index contributed by atoms with van der Waals surface area (Å²) in [6.07, 6.45) is 0.946. The van der Waals surface area contributed by atoms with Gasteiger partial charge in [0.05, 0.1) is 12.6 Å². The van der Waals surface area contributed by atoms with Crippen LogP contribution in [0.4, 0.5) is 0 Å². The van der Waals surface area contributed by atoms with Gasteiger partial charge in [-0.3, -0.25) is 0 Å². The molecule has 0 bridgehead atoms. The van der Waals surface area contributed by atoms with Crippen molar-refractivity contribution in [3.8, 4) is 11.5 Å². The van der Waals surface area contributed by atoms with E-state index in [1.165, 1.54) is 5.56 Å². The Bertz CT molecular complexity index is 943. The van der Waals surface area contributed by atoms with E-state index < -0.39 is 6.10 Å². The SMILES string of the molecule is CCNC(=NCc1coc(-c2ccc(C)cc2)n1)NCC(O)c1ccc(Cl)cc1.I. The van der Waals surface area contributed by atoms with E-state index in [-0.39, 0.29) is 24.0 Å². The van der Waals surface area contributed by atoms with Crippen LogP contribution < -0.4 is 10.6 Å². The highest BCUT2D eigenvalue weighted by molar-refractivity contribution is 14.0. The average Bonchev–Trinajstić information content (AvgIpc) is 3.20. The highest BCUT2D eigenvalue weighted by atomic mass is 127. The van der Waals surface area contributed by atoms with Crippen LogP contribution in [-0.4, -0.2) is 29.1 Å². The summed E-state index contributed by atoms with van der Waals surface area (Å²) in [7, 11) is 0. The van der Waals surface area contributed by atoms with Gasteiger partial charge in [0.15, 0.2) is 5.96 Å². The number of aryl methyl sites for hydroxylation is 1. The summed E-state index contributed by atoms with van der Waals surface area (Å²) in [5, 5.41) is 17.3. The fraction of sp³-hybridized carbons (Fsp3) is 0.273. The van der Waals surface area contributed by atoms with Crippen molar-refractivity contribution in [1.82, 2.24) is 15.6 Å². The van der Waals surface area contributed by atoms with E-state index in [1.807, 2.05) is 38.1 Å². The Kier molecular flexibility index (Phi) is 9.61. The first-order chi connectivity index (χ1) is 14.0. The molecule has 0 saturated carbocycles. The number of nitrogens with one attached hydrogen (secondary N) is 2.